The summed E-state index contributed by atoms with van der Waals surface area (Å²) < 4.78 is 6.40. The molecule has 2 heterocycles. The summed E-state index contributed by atoms with van der Waals surface area (Å²) in [5.74, 6) is -0.180. The largest absolute Gasteiger partial charge is 0.416 e. The summed E-state index contributed by atoms with van der Waals surface area (Å²) in [5, 5.41) is 3.27. The second-order valence-corrected chi connectivity index (χ2v) is 19.2. The molecule has 8 nitrogen and oxygen atoms in total. The molecule has 1 aromatic heterocycles. The standard InChI is InChI=1S/C31H49N5O3SSi/c1-21-17-25(18-26-27(21)19-36(29(26)38)24-11-9-22(10-12-24)28(32)37)35(15-14-34(5)6)30-33-23(20-40-30)13-16-39-41(7,8)31(2,3)4/h17-18,20,22,24H,9-16,19H2,1-8H3,(H2,32,37). The summed E-state index contributed by atoms with van der Waals surface area (Å²) in [6, 6.07) is 4.43. The summed E-state index contributed by atoms with van der Waals surface area (Å²) in [6.07, 6.45) is 3.97. The Labute approximate surface area is 251 Å². The number of aryl methyl sites for hydroxylation is 1. The van der Waals surface area contributed by atoms with Crippen LogP contribution < -0.4 is 10.6 Å². The number of benzene rings is 1. The van der Waals surface area contributed by atoms with Crippen LogP contribution in [-0.2, 0) is 22.2 Å². The van der Waals surface area contributed by atoms with Crippen molar-refractivity contribution in [1.82, 2.24) is 14.8 Å². The number of carbonyl (C=O) groups excluding carboxylic acids is 2. The minimum absolute atomic E-state index is 0.0632. The van der Waals surface area contributed by atoms with Crippen LogP contribution in [0.2, 0.25) is 18.1 Å². The Bertz CT molecular complexity index is 1250. The van der Waals surface area contributed by atoms with Crippen LogP contribution in [0.1, 0.15) is 73.6 Å². The zero-order valence-electron chi connectivity index (χ0n) is 26.2. The molecule has 2 aliphatic rings. The number of carbonyl (C=O) groups is 2. The molecular weight excluding hydrogens is 551 g/mol. The van der Waals surface area contributed by atoms with E-state index in [0.717, 1.165) is 78.4 Å². The van der Waals surface area contributed by atoms with Crippen molar-refractivity contribution in [2.75, 3.05) is 38.7 Å². The van der Waals surface area contributed by atoms with Gasteiger partial charge in [0, 0.05) is 61.3 Å². The molecule has 226 valence electrons. The van der Waals surface area contributed by atoms with Crippen molar-refractivity contribution in [3.05, 3.63) is 39.9 Å². The number of rotatable bonds is 11. The molecule has 0 unspecified atom stereocenters. The highest BCUT2D eigenvalue weighted by molar-refractivity contribution is 7.13. The lowest BCUT2D eigenvalue weighted by Crippen LogP contribution is -2.41. The van der Waals surface area contributed by atoms with Crippen molar-refractivity contribution in [3.8, 4) is 0 Å². The van der Waals surface area contributed by atoms with Gasteiger partial charge in [-0.1, -0.05) is 20.8 Å². The topological polar surface area (TPSA) is 92.0 Å². The lowest BCUT2D eigenvalue weighted by Gasteiger charge is -2.36. The molecule has 1 aliphatic heterocycles. The van der Waals surface area contributed by atoms with Gasteiger partial charge in [0.25, 0.3) is 5.91 Å². The van der Waals surface area contributed by atoms with Crippen LogP contribution in [0.5, 0.6) is 0 Å². The van der Waals surface area contributed by atoms with Crippen molar-refractivity contribution in [2.45, 2.75) is 90.5 Å². The molecule has 10 heteroatoms. The fraction of sp³-hybridized carbons (Fsp3) is 0.645. The molecule has 0 saturated heterocycles. The van der Waals surface area contributed by atoms with Gasteiger partial charge in [-0.3, -0.25) is 9.59 Å². The van der Waals surface area contributed by atoms with Crippen LogP contribution in [0.25, 0.3) is 0 Å². The maximum atomic E-state index is 13.7. The van der Waals surface area contributed by atoms with Gasteiger partial charge in [-0.15, -0.1) is 11.3 Å². The highest BCUT2D eigenvalue weighted by Crippen LogP contribution is 2.39. The Morgan fingerprint density at radius 1 is 1.17 bits per heavy atom. The fourth-order valence-electron chi connectivity index (χ4n) is 5.52. The predicted octanol–water partition coefficient (Wildman–Crippen LogP) is 5.72. The van der Waals surface area contributed by atoms with E-state index in [1.807, 2.05) is 4.90 Å². The van der Waals surface area contributed by atoms with Crippen LogP contribution in [0.3, 0.4) is 0 Å². The van der Waals surface area contributed by atoms with E-state index in [1.165, 1.54) is 0 Å². The van der Waals surface area contributed by atoms with Crippen LogP contribution in [-0.4, -0.2) is 74.7 Å². The molecule has 1 saturated carbocycles. The molecule has 0 atom stereocenters. The fourth-order valence-corrected chi connectivity index (χ4v) is 7.47. The van der Waals surface area contributed by atoms with E-state index >= 15 is 0 Å². The minimum atomic E-state index is -1.80. The molecule has 2 N–H and O–H groups in total. The zero-order chi connectivity index (χ0) is 30.1. The van der Waals surface area contributed by atoms with Gasteiger partial charge in [-0.05, 0) is 88.1 Å². The predicted molar refractivity (Wildman–Crippen MR) is 171 cm³/mol. The molecule has 1 aromatic carbocycles. The first kappa shape index (κ1) is 31.7. The van der Waals surface area contributed by atoms with Gasteiger partial charge in [0.2, 0.25) is 5.91 Å². The number of primary amides is 1. The van der Waals surface area contributed by atoms with Crippen molar-refractivity contribution in [2.24, 2.45) is 11.7 Å². The molecule has 2 amide bonds. The number of nitrogens with zero attached hydrogens (tertiary/aromatic N) is 4. The highest BCUT2D eigenvalue weighted by Gasteiger charge is 2.38. The van der Waals surface area contributed by atoms with Crippen LogP contribution in [0, 0.1) is 12.8 Å². The monoisotopic (exact) mass is 599 g/mol. The number of likely N-dealkylation sites (N-methyl/N-ethyl adjacent to an activating group) is 1. The summed E-state index contributed by atoms with van der Waals surface area (Å²) in [4.78, 5) is 36.8. The van der Waals surface area contributed by atoms with Gasteiger partial charge in [0.1, 0.15) is 0 Å². The summed E-state index contributed by atoms with van der Waals surface area (Å²) in [5.41, 5.74) is 10.6. The number of anilines is 2. The van der Waals surface area contributed by atoms with Crippen molar-refractivity contribution in [1.29, 1.82) is 0 Å². The zero-order valence-corrected chi connectivity index (χ0v) is 28.1. The molecule has 4 rings (SSSR count). The molecule has 41 heavy (non-hydrogen) atoms. The summed E-state index contributed by atoms with van der Waals surface area (Å²) in [7, 11) is 2.35. The van der Waals surface area contributed by atoms with Crippen LogP contribution in [0.15, 0.2) is 17.5 Å². The molecule has 0 bridgehead atoms. The Kier molecular flexibility index (Phi) is 9.68. The number of hydrogen-bond acceptors (Lipinski definition) is 7. The van der Waals surface area contributed by atoms with Gasteiger partial charge >= 0.3 is 0 Å². The second kappa shape index (κ2) is 12.5. The Morgan fingerprint density at radius 2 is 1.85 bits per heavy atom. The lowest BCUT2D eigenvalue weighted by molar-refractivity contribution is -0.123. The van der Waals surface area contributed by atoms with Crippen molar-refractivity contribution < 1.29 is 14.0 Å². The van der Waals surface area contributed by atoms with Gasteiger partial charge in [0.15, 0.2) is 13.4 Å². The third kappa shape index (κ3) is 7.21. The average Bonchev–Trinajstić information content (AvgIpc) is 3.48. The van der Waals surface area contributed by atoms with Gasteiger partial charge in [-0.2, -0.15) is 0 Å². The first-order valence-corrected chi connectivity index (χ1v) is 18.7. The van der Waals surface area contributed by atoms with E-state index in [4.69, 9.17) is 15.1 Å². The Hall–Kier alpha value is -2.27. The van der Waals surface area contributed by atoms with Gasteiger partial charge in [0.05, 0.1) is 5.69 Å². The quantitative estimate of drug-likeness (QED) is 0.333. The number of aromatic nitrogens is 1. The average molecular weight is 600 g/mol. The highest BCUT2D eigenvalue weighted by atomic mass is 32.1. The van der Waals surface area contributed by atoms with Gasteiger partial charge in [-0.25, -0.2) is 4.98 Å². The van der Waals surface area contributed by atoms with E-state index in [-0.39, 0.29) is 28.8 Å². The summed E-state index contributed by atoms with van der Waals surface area (Å²) >= 11 is 1.65. The molecule has 0 spiro atoms. The van der Waals surface area contributed by atoms with E-state index in [9.17, 15) is 9.59 Å². The number of amides is 2. The Morgan fingerprint density at radius 3 is 2.46 bits per heavy atom. The lowest BCUT2D eigenvalue weighted by atomic mass is 9.85. The second-order valence-electron chi connectivity index (χ2n) is 13.6. The third-order valence-corrected chi connectivity index (χ3v) is 14.7. The van der Waals surface area contributed by atoms with Crippen molar-refractivity contribution >= 4 is 42.3 Å². The maximum absolute atomic E-state index is 13.7. The number of hydrogen-bond donors (Lipinski definition) is 1. The van der Waals surface area contributed by atoms with E-state index < -0.39 is 8.32 Å². The minimum Gasteiger partial charge on any atom is -0.416 e. The number of thiazole rings is 1. The SMILES string of the molecule is Cc1cc(N(CCN(C)C)c2nc(CCO[Si](C)(C)C(C)(C)C)cs2)cc2c1CN(C1CCC(C(N)=O)CC1)C2=O. The maximum Gasteiger partial charge on any atom is 0.254 e. The first-order chi connectivity index (χ1) is 19.2. The summed E-state index contributed by atoms with van der Waals surface area (Å²) in [6.45, 7) is 16.4. The smallest absolute Gasteiger partial charge is 0.254 e. The van der Waals surface area contributed by atoms with Crippen molar-refractivity contribution in [3.63, 3.8) is 0 Å². The molecule has 2 aromatic rings. The third-order valence-electron chi connectivity index (χ3n) is 9.30. The van der Waals surface area contributed by atoms with E-state index in [2.05, 4.69) is 82.2 Å². The van der Waals surface area contributed by atoms with Gasteiger partial charge < -0.3 is 24.9 Å². The molecule has 0 radical (unpaired) electrons. The number of fused-ring (bicyclic) bond motifs is 1. The molecular formula is C31H49N5O3SSi. The normalized spacial score (nSPS) is 19.6. The van der Waals surface area contributed by atoms with E-state index in [0.29, 0.717) is 13.2 Å². The Balaban J connectivity index is 1.52. The van der Waals surface area contributed by atoms with Crippen LogP contribution >= 0.6 is 11.3 Å². The number of nitrogens with two attached hydrogens (primary N) is 1. The van der Waals surface area contributed by atoms with Crippen LogP contribution in [0.4, 0.5) is 10.8 Å². The van der Waals surface area contributed by atoms with E-state index in [1.54, 1.807) is 11.3 Å². The molecule has 1 fully saturated rings. The molecule has 1 aliphatic carbocycles. The first-order valence-electron chi connectivity index (χ1n) is 14.9.